The van der Waals surface area contributed by atoms with Crippen molar-refractivity contribution in [1.82, 2.24) is 19.7 Å². The molecule has 0 radical (unpaired) electrons. The molecular formula is C12H12N4O2. The predicted octanol–water partition coefficient (Wildman–Crippen LogP) is 1.55. The molecule has 0 unspecified atom stereocenters. The Kier molecular flexibility index (Phi) is 2.36. The highest BCUT2D eigenvalue weighted by Crippen LogP contribution is 2.38. The van der Waals surface area contributed by atoms with Gasteiger partial charge in [-0.1, -0.05) is 0 Å². The highest BCUT2D eigenvalue weighted by atomic mass is 16.4. The number of hydrogen-bond acceptors (Lipinski definition) is 4. The van der Waals surface area contributed by atoms with Crippen molar-refractivity contribution in [2.45, 2.75) is 25.7 Å². The second kappa shape index (κ2) is 3.90. The number of hydrogen-bond donors (Lipinski definition) is 1. The van der Waals surface area contributed by atoms with Gasteiger partial charge in [-0.15, -0.1) is 0 Å². The molecule has 1 N–H and O–H groups in total. The molecule has 3 rings (SSSR count). The quantitative estimate of drug-likeness (QED) is 0.885. The van der Waals surface area contributed by atoms with E-state index in [9.17, 15) is 4.79 Å². The highest BCUT2D eigenvalue weighted by molar-refractivity contribution is 5.85. The van der Waals surface area contributed by atoms with Gasteiger partial charge in [0.1, 0.15) is 0 Å². The topological polar surface area (TPSA) is 80.9 Å². The molecule has 0 aliphatic heterocycles. The number of carboxylic acid groups (broad SMARTS) is 1. The van der Waals surface area contributed by atoms with Gasteiger partial charge in [0.2, 0.25) is 0 Å². The molecule has 6 nitrogen and oxygen atoms in total. The Morgan fingerprint density at radius 3 is 2.89 bits per heavy atom. The number of rotatable bonds is 3. The van der Waals surface area contributed by atoms with Crippen LogP contribution in [0.3, 0.4) is 0 Å². The Bertz CT molecular complexity index is 616. The van der Waals surface area contributed by atoms with Crippen LogP contribution in [0.1, 0.15) is 40.6 Å². The molecule has 2 heterocycles. The van der Waals surface area contributed by atoms with Crippen molar-refractivity contribution < 1.29 is 9.90 Å². The second-order valence-corrected chi connectivity index (χ2v) is 4.46. The van der Waals surface area contributed by atoms with Crippen molar-refractivity contribution in [1.29, 1.82) is 0 Å². The van der Waals surface area contributed by atoms with Crippen molar-refractivity contribution in [2.75, 3.05) is 0 Å². The molecule has 0 spiro atoms. The minimum Gasteiger partial charge on any atom is -0.477 e. The molecule has 1 saturated carbocycles. The number of aromatic nitrogens is 4. The molecule has 0 saturated heterocycles. The van der Waals surface area contributed by atoms with Crippen LogP contribution >= 0.6 is 0 Å². The van der Waals surface area contributed by atoms with Gasteiger partial charge in [-0.25, -0.2) is 19.4 Å². The molecular weight excluding hydrogens is 232 g/mol. The lowest BCUT2D eigenvalue weighted by Gasteiger charge is -2.02. The fourth-order valence-electron chi connectivity index (χ4n) is 1.81. The van der Waals surface area contributed by atoms with Crippen LogP contribution in [-0.4, -0.2) is 30.8 Å². The summed E-state index contributed by atoms with van der Waals surface area (Å²) in [4.78, 5) is 19.1. The van der Waals surface area contributed by atoms with Gasteiger partial charge in [-0.3, -0.25) is 0 Å². The molecule has 1 aliphatic rings. The van der Waals surface area contributed by atoms with Crippen LogP contribution in [0.15, 0.2) is 18.3 Å². The van der Waals surface area contributed by atoms with Crippen LogP contribution in [0.2, 0.25) is 0 Å². The third-order valence-corrected chi connectivity index (χ3v) is 2.87. The van der Waals surface area contributed by atoms with Gasteiger partial charge in [0, 0.05) is 17.8 Å². The van der Waals surface area contributed by atoms with E-state index in [-0.39, 0.29) is 5.69 Å². The lowest BCUT2D eigenvalue weighted by molar-refractivity contribution is 0.0690. The number of aryl methyl sites for hydroxylation is 1. The molecule has 18 heavy (non-hydrogen) atoms. The van der Waals surface area contributed by atoms with E-state index in [4.69, 9.17) is 5.11 Å². The highest BCUT2D eigenvalue weighted by Gasteiger charge is 2.26. The molecule has 6 heteroatoms. The first-order chi connectivity index (χ1) is 8.63. The van der Waals surface area contributed by atoms with Crippen molar-refractivity contribution in [2.24, 2.45) is 0 Å². The van der Waals surface area contributed by atoms with Crippen LogP contribution in [0, 0.1) is 6.92 Å². The standard InChI is InChI=1S/C12H12N4O2/c1-7-6-10(11(17)18)14-12(13-7)16-5-4-9(15-16)8-2-3-8/h4-6,8H,2-3H2,1H3,(H,17,18). The lowest BCUT2D eigenvalue weighted by Crippen LogP contribution is -2.09. The summed E-state index contributed by atoms with van der Waals surface area (Å²) >= 11 is 0. The van der Waals surface area contributed by atoms with Gasteiger partial charge < -0.3 is 5.11 Å². The Morgan fingerprint density at radius 1 is 1.44 bits per heavy atom. The minimum absolute atomic E-state index is 0.0130. The third kappa shape index (κ3) is 1.97. The van der Waals surface area contributed by atoms with E-state index >= 15 is 0 Å². The Balaban J connectivity index is 2.01. The van der Waals surface area contributed by atoms with Gasteiger partial charge in [0.05, 0.1) is 5.69 Å². The van der Waals surface area contributed by atoms with Crippen LogP contribution in [0.25, 0.3) is 5.95 Å². The van der Waals surface area contributed by atoms with Crippen LogP contribution in [-0.2, 0) is 0 Å². The first-order valence-corrected chi connectivity index (χ1v) is 5.78. The summed E-state index contributed by atoms with van der Waals surface area (Å²) in [5.74, 6) is -0.203. The van der Waals surface area contributed by atoms with E-state index in [1.165, 1.54) is 23.6 Å². The smallest absolute Gasteiger partial charge is 0.354 e. The summed E-state index contributed by atoms with van der Waals surface area (Å²) in [6.45, 7) is 1.74. The summed E-state index contributed by atoms with van der Waals surface area (Å²) in [6, 6.07) is 3.38. The summed E-state index contributed by atoms with van der Waals surface area (Å²) < 4.78 is 1.53. The fourth-order valence-corrected chi connectivity index (χ4v) is 1.81. The van der Waals surface area contributed by atoms with Crippen molar-refractivity contribution in [3.8, 4) is 5.95 Å². The SMILES string of the molecule is Cc1cc(C(=O)O)nc(-n2ccc(C3CC3)n2)n1. The Morgan fingerprint density at radius 2 is 2.22 bits per heavy atom. The van der Waals surface area contributed by atoms with Gasteiger partial charge >= 0.3 is 5.97 Å². The number of nitrogens with zero attached hydrogens (tertiary/aromatic N) is 4. The first kappa shape index (κ1) is 10.9. The summed E-state index contributed by atoms with van der Waals surface area (Å²) in [5.41, 5.74) is 1.62. The molecule has 0 amide bonds. The summed E-state index contributed by atoms with van der Waals surface area (Å²) in [5, 5.41) is 13.3. The molecule has 1 aliphatic carbocycles. The van der Waals surface area contributed by atoms with Crippen LogP contribution in [0.5, 0.6) is 0 Å². The maximum atomic E-state index is 10.9. The molecule has 2 aromatic rings. The van der Waals surface area contributed by atoms with Gasteiger partial charge in [-0.05, 0) is 31.9 Å². The zero-order chi connectivity index (χ0) is 12.7. The maximum absolute atomic E-state index is 10.9. The molecule has 0 bridgehead atoms. The molecule has 92 valence electrons. The van der Waals surface area contributed by atoms with Gasteiger partial charge in [0.15, 0.2) is 5.69 Å². The fraction of sp³-hybridized carbons (Fsp3) is 0.333. The van der Waals surface area contributed by atoms with E-state index < -0.39 is 5.97 Å². The number of carbonyl (C=O) groups is 1. The normalized spacial score (nSPS) is 14.7. The van der Waals surface area contributed by atoms with Gasteiger partial charge in [0.25, 0.3) is 5.95 Å². The zero-order valence-electron chi connectivity index (χ0n) is 9.87. The van der Waals surface area contributed by atoms with Gasteiger partial charge in [-0.2, -0.15) is 5.10 Å². The summed E-state index contributed by atoms with van der Waals surface area (Å²) in [6.07, 6.45) is 4.12. The monoisotopic (exact) mass is 244 g/mol. The van der Waals surface area contributed by atoms with E-state index in [2.05, 4.69) is 15.1 Å². The number of carboxylic acids is 1. The van der Waals surface area contributed by atoms with E-state index in [0.29, 0.717) is 17.6 Å². The van der Waals surface area contributed by atoms with E-state index in [0.717, 1.165) is 5.69 Å². The largest absolute Gasteiger partial charge is 0.477 e. The maximum Gasteiger partial charge on any atom is 0.354 e. The molecule has 0 atom stereocenters. The second-order valence-electron chi connectivity index (χ2n) is 4.46. The lowest BCUT2D eigenvalue weighted by atomic mass is 10.3. The zero-order valence-corrected chi connectivity index (χ0v) is 9.87. The van der Waals surface area contributed by atoms with Crippen molar-refractivity contribution >= 4 is 5.97 Å². The average Bonchev–Trinajstić information content (AvgIpc) is 3.06. The third-order valence-electron chi connectivity index (χ3n) is 2.87. The summed E-state index contributed by atoms with van der Waals surface area (Å²) in [7, 11) is 0. The Labute approximate surface area is 103 Å². The number of aromatic carboxylic acids is 1. The van der Waals surface area contributed by atoms with Crippen molar-refractivity contribution in [3.63, 3.8) is 0 Å². The van der Waals surface area contributed by atoms with Crippen molar-refractivity contribution in [3.05, 3.63) is 35.4 Å². The van der Waals surface area contributed by atoms with Crippen LogP contribution in [0.4, 0.5) is 0 Å². The minimum atomic E-state index is -1.06. The molecule has 1 fully saturated rings. The molecule has 0 aromatic carbocycles. The Hall–Kier alpha value is -2.24. The van der Waals surface area contributed by atoms with E-state index in [1.54, 1.807) is 13.1 Å². The van der Waals surface area contributed by atoms with E-state index in [1.807, 2.05) is 6.07 Å². The molecule has 2 aromatic heterocycles. The predicted molar refractivity (Wildman–Crippen MR) is 62.8 cm³/mol. The first-order valence-electron chi connectivity index (χ1n) is 5.78. The average molecular weight is 244 g/mol. The van der Waals surface area contributed by atoms with Crippen LogP contribution < -0.4 is 0 Å².